The zero-order valence-electron chi connectivity index (χ0n) is 9.90. The van der Waals surface area contributed by atoms with Crippen molar-refractivity contribution in [1.82, 2.24) is 0 Å². The maximum Gasteiger partial charge on any atom is 0.0604 e. The molecule has 0 amide bonds. The van der Waals surface area contributed by atoms with Gasteiger partial charge in [0.15, 0.2) is 0 Å². The molecule has 0 fully saturated rings. The molecule has 1 heterocycles. The minimum atomic E-state index is -0.253. The number of benzene rings is 1. The number of allylic oxidation sites excluding steroid dienone is 1. The van der Waals surface area contributed by atoms with Gasteiger partial charge in [0.1, 0.15) is 0 Å². The van der Waals surface area contributed by atoms with Crippen LogP contribution in [0, 0.1) is 0 Å². The van der Waals surface area contributed by atoms with E-state index in [0.29, 0.717) is 0 Å². The molecule has 1 aliphatic rings. The first-order valence-electron chi connectivity index (χ1n) is 5.82. The second-order valence-electron chi connectivity index (χ2n) is 4.75. The summed E-state index contributed by atoms with van der Waals surface area (Å²) in [5.74, 6) is 0. The number of rotatable bonds is 1. The lowest BCUT2D eigenvalue weighted by molar-refractivity contribution is 0.165. The number of anilines is 1. The molecule has 0 radical (unpaired) electrons. The van der Waals surface area contributed by atoms with Crippen molar-refractivity contribution < 1.29 is 5.11 Å². The molecule has 2 atom stereocenters. The van der Waals surface area contributed by atoms with Crippen molar-refractivity contribution in [3.63, 3.8) is 0 Å². The molecular formula is C14H19NO. The predicted octanol–water partition coefficient (Wildman–Crippen LogP) is 2.74. The average Bonchev–Trinajstić information content (AvgIpc) is 2.33. The molecule has 2 heteroatoms. The van der Waals surface area contributed by atoms with Gasteiger partial charge in [0.25, 0.3) is 0 Å². The van der Waals surface area contributed by atoms with Gasteiger partial charge in [-0.25, -0.2) is 0 Å². The van der Waals surface area contributed by atoms with Gasteiger partial charge in [-0.05, 0) is 31.9 Å². The molecule has 1 aromatic carbocycles. The third kappa shape index (κ3) is 2.64. The number of aliphatic hydroxyl groups excluding tert-OH is 1. The van der Waals surface area contributed by atoms with Crippen molar-refractivity contribution >= 4 is 5.69 Å². The standard InChI is InChI=1S/C14H19NO/c1-10(2)7-12-9-13(16)8-11-5-3-4-6-14(11)15-12/h3-7,12-13,15-16H,8-9H2,1-2H3/t12-,13-/m0/s1. The van der Waals surface area contributed by atoms with E-state index in [-0.39, 0.29) is 12.1 Å². The second kappa shape index (κ2) is 4.71. The molecule has 0 saturated heterocycles. The molecule has 0 unspecified atom stereocenters. The Bertz CT molecular complexity index is 393. The highest BCUT2D eigenvalue weighted by molar-refractivity contribution is 5.53. The summed E-state index contributed by atoms with van der Waals surface area (Å²) in [4.78, 5) is 0. The Kier molecular flexibility index (Phi) is 3.30. The zero-order chi connectivity index (χ0) is 11.5. The van der Waals surface area contributed by atoms with Gasteiger partial charge in [0.05, 0.1) is 6.10 Å². The van der Waals surface area contributed by atoms with Crippen LogP contribution < -0.4 is 5.32 Å². The number of fused-ring (bicyclic) bond motifs is 1. The maximum atomic E-state index is 9.95. The van der Waals surface area contributed by atoms with Crippen molar-refractivity contribution in [1.29, 1.82) is 0 Å². The average molecular weight is 217 g/mol. The number of hydrogen-bond acceptors (Lipinski definition) is 2. The predicted molar refractivity (Wildman–Crippen MR) is 67.6 cm³/mol. The van der Waals surface area contributed by atoms with E-state index in [0.717, 1.165) is 18.5 Å². The molecule has 0 spiro atoms. The fourth-order valence-electron chi connectivity index (χ4n) is 2.24. The van der Waals surface area contributed by atoms with Gasteiger partial charge in [-0.1, -0.05) is 29.8 Å². The molecule has 1 aromatic rings. The van der Waals surface area contributed by atoms with E-state index in [4.69, 9.17) is 0 Å². The minimum absolute atomic E-state index is 0.239. The molecule has 1 aliphatic heterocycles. The summed E-state index contributed by atoms with van der Waals surface area (Å²) in [7, 11) is 0. The molecule has 0 saturated carbocycles. The van der Waals surface area contributed by atoms with E-state index in [1.54, 1.807) is 0 Å². The monoisotopic (exact) mass is 217 g/mol. The van der Waals surface area contributed by atoms with Crippen LogP contribution >= 0.6 is 0 Å². The van der Waals surface area contributed by atoms with Crippen molar-refractivity contribution in [2.75, 3.05) is 5.32 Å². The van der Waals surface area contributed by atoms with Gasteiger partial charge >= 0.3 is 0 Å². The summed E-state index contributed by atoms with van der Waals surface area (Å²) >= 11 is 0. The third-order valence-electron chi connectivity index (χ3n) is 2.87. The van der Waals surface area contributed by atoms with Crippen LogP contribution in [0.2, 0.25) is 0 Å². The van der Waals surface area contributed by atoms with Crippen LogP contribution in [0.15, 0.2) is 35.9 Å². The number of aliphatic hydroxyl groups is 1. The van der Waals surface area contributed by atoms with Crippen molar-refractivity contribution in [2.24, 2.45) is 0 Å². The highest BCUT2D eigenvalue weighted by atomic mass is 16.3. The highest BCUT2D eigenvalue weighted by Gasteiger charge is 2.19. The SMILES string of the molecule is CC(C)=C[C@H]1C[C@@H](O)Cc2ccccc2N1. The molecule has 2 nitrogen and oxygen atoms in total. The van der Waals surface area contributed by atoms with Gasteiger partial charge in [-0.3, -0.25) is 0 Å². The Morgan fingerprint density at radius 3 is 2.88 bits per heavy atom. The molecule has 0 bridgehead atoms. The van der Waals surface area contributed by atoms with E-state index in [2.05, 4.69) is 37.4 Å². The summed E-state index contributed by atoms with van der Waals surface area (Å²) in [6, 6.07) is 8.46. The van der Waals surface area contributed by atoms with E-state index in [1.807, 2.05) is 12.1 Å². The van der Waals surface area contributed by atoms with Crippen LogP contribution in [0.5, 0.6) is 0 Å². The Morgan fingerprint density at radius 2 is 2.12 bits per heavy atom. The molecular weight excluding hydrogens is 198 g/mol. The Morgan fingerprint density at radius 1 is 1.38 bits per heavy atom. The first-order valence-corrected chi connectivity index (χ1v) is 5.82. The van der Waals surface area contributed by atoms with Crippen LogP contribution in [0.3, 0.4) is 0 Å². The summed E-state index contributed by atoms with van der Waals surface area (Å²) in [6.07, 6.45) is 3.46. The molecule has 2 rings (SSSR count). The smallest absolute Gasteiger partial charge is 0.0604 e. The van der Waals surface area contributed by atoms with E-state index in [1.165, 1.54) is 11.1 Å². The van der Waals surface area contributed by atoms with Crippen molar-refractivity contribution in [3.05, 3.63) is 41.5 Å². The topological polar surface area (TPSA) is 32.3 Å². The second-order valence-corrected chi connectivity index (χ2v) is 4.75. The summed E-state index contributed by atoms with van der Waals surface area (Å²) < 4.78 is 0. The summed E-state index contributed by atoms with van der Waals surface area (Å²) in [6.45, 7) is 4.18. The van der Waals surface area contributed by atoms with Crippen molar-refractivity contribution in [3.8, 4) is 0 Å². The normalized spacial score (nSPS) is 23.9. The number of nitrogens with one attached hydrogen (secondary N) is 1. The first-order chi connectivity index (χ1) is 7.65. The van der Waals surface area contributed by atoms with Crippen LogP contribution in [-0.2, 0) is 6.42 Å². The fraction of sp³-hybridized carbons (Fsp3) is 0.429. The fourth-order valence-corrected chi connectivity index (χ4v) is 2.24. The largest absolute Gasteiger partial charge is 0.393 e. The molecule has 2 N–H and O–H groups in total. The van der Waals surface area contributed by atoms with Gasteiger partial charge in [-0.15, -0.1) is 0 Å². The number of para-hydroxylation sites is 1. The van der Waals surface area contributed by atoms with Gasteiger partial charge in [0, 0.05) is 18.2 Å². The molecule has 16 heavy (non-hydrogen) atoms. The molecule has 86 valence electrons. The Labute approximate surface area is 97.0 Å². The maximum absolute atomic E-state index is 9.95. The van der Waals surface area contributed by atoms with Gasteiger partial charge in [-0.2, -0.15) is 0 Å². The lowest BCUT2D eigenvalue weighted by Crippen LogP contribution is -2.21. The van der Waals surface area contributed by atoms with Crippen LogP contribution in [0.1, 0.15) is 25.8 Å². The Balaban J connectivity index is 2.27. The van der Waals surface area contributed by atoms with E-state index < -0.39 is 0 Å². The summed E-state index contributed by atoms with van der Waals surface area (Å²) in [5.41, 5.74) is 3.64. The van der Waals surface area contributed by atoms with Crippen molar-refractivity contribution in [2.45, 2.75) is 38.8 Å². The lowest BCUT2D eigenvalue weighted by Gasteiger charge is -2.15. The van der Waals surface area contributed by atoms with Crippen LogP contribution in [0.4, 0.5) is 5.69 Å². The minimum Gasteiger partial charge on any atom is -0.393 e. The molecule has 0 aromatic heterocycles. The van der Waals surface area contributed by atoms with E-state index >= 15 is 0 Å². The first kappa shape index (κ1) is 11.2. The van der Waals surface area contributed by atoms with Gasteiger partial charge < -0.3 is 10.4 Å². The van der Waals surface area contributed by atoms with E-state index in [9.17, 15) is 5.11 Å². The quantitative estimate of drug-likeness (QED) is 0.709. The zero-order valence-corrected chi connectivity index (χ0v) is 9.90. The Hall–Kier alpha value is -1.28. The van der Waals surface area contributed by atoms with Crippen LogP contribution in [-0.4, -0.2) is 17.3 Å². The third-order valence-corrected chi connectivity index (χ3v) is 2.87. The highest BCUT2D eigenvalue weighted by Crippen LogP contribution is 2.24. The number of hydrogen-bond donors (Lipinski definition) is 2. The lowest BCUT2D eigenvalue weighted by atomic mass is 10.0. The molecule has 0 aliphatic carbocycles. The van der Waals surface area contributed by atoms with Gasteiger partial charge in [0.2, 0.25) is 0 Å². The van der Waals surface area contributed by atoms with Crippen LogP contribution in [0.25, 0.3) is 0 Å². The summed E-state index contributed by atoms with van der Waals surface area (Å²) in [5, 5.41) is 13.4.